The Morgan fingerprint density at radius 3 is 2.59 bits per heavy atom. The number of carbonyl (C=O) groups is 2. The van der Waals surface area contributed by atoms with Crippen LogP contribution in [0.3, 0.4) is 0 Å². The van der Waals surface area contributed by atoms with E-state index in [9.17, 15) is 9.59 Å². The normalized spacial score (nSPS) is 15.0. The smallest absolute Gasteiger partial charge is 0.412 e. The zero-order valence-corrected chi connectivity index (χ0v) is 24.4. The van der Waals surface area contributed by atoms with E-state index >= 15 is 0 Å². The zero-order valence-electron chi connectivity index (χ0n) is 22.8. The van der Waals surface area contributed by atoms with E-state index in [0.717, 1.165) is 51.3 Å². The number of nitrogens with zero attached hydrogens (tertiary/aromatic N) is 1. The zero-order chi connectivity index (χ0) is 27.7. The van der Waals surface area contributed by atoms with E-state index in [-0.39, 0.29) is 11.8 Å². The average Bonchev–Trinajstić information content (AvgIpc) is 3.48. The fourth-order valence-electron chi connectivity index (χ4n) is 5.07. The Morgan fingerprint density at radius 2 is 1.87 bits per heavy atom. The Labute approximate surface area is 237 Å². The number of unbranched alkanes of at least 4 members (excludes halogenated alkanes) is 1. The van der Waals surface area contributed by atoms with Crippen LogP contribution in [-0.4, -0.2) is 41.1 Å². The topological polar surface area (TPSA) is 83.7 Å². The molecule has 1 aromatic heterocycles. The summed E-state index contributed by atoms with van der Waals surface area (Å²) in [6.45, 7) is 8.81. The average molecular weight is 593 g/mol. The molecule has 2 amide bonds. The summed E-state index contributed by atoms with van der Waals surface area (Å²) in [6, 6.07) is 17.6. The summed E-state index contributed by atoms with van der Waals surface area (Å²) in [5.74, 6) is 0.861. The highest BCUT2D eigenvalue weighted by molar-refractivity contribution is 9.09. The summed E-state index contributed by atoms with van der Waals surface area (Å²) in [6.07, 6.45) is 1.50. The molecule has 0 saturated carbocycles. The predicted molar refractivity (Wildman–Crippen MR) is 161 cm³/mol. The Balaban J connectivity index is 1.47. The van der Waals surface area contributed by atoms with E-state index in [1.54, 1.807) is 6.07 Å². The van der Waals surface area contributed by atoms with Gasteiger partial charge in [-0.1, -0.05) is 53.5 Å². The first-order valence-corrected chi connectivity index (χ1v) is 14.5. The molecule has 1 aliphatic rings. The first kappa shape index (κ1) is 27.1. The Hall–Kier alpha value is -3.52. The minimum atomic E-state index is -0.590. The molecule has 2 N–H and O–H groups in total. The lowest BCUT2D eigenvalue weighted by Gasteiger charge is -2.19. The number of H-pyrrole nitrogens is 1. The van der Waals surface area contributed by atoms with Gasteiger partial charge < -0.3 is 19.4 Å². The van der Waals surface area contributed by atoms with E-state index in [0.29, 0.717) is 24.5 Å². The van der Waals surface area contributed by atoms with Gasteiger partial charge in [0.25, 0.3) is 5.91 Å². The van der Waals surface area contributed by atoms with Gasteiger partial charge in [-0.05, 0) is 62.4 Å². The van der Waals surface area contributed by atoms with Crippen LogP contribution in [0, 0.1) is 0 Å². The molecule has 0 spiro atoms. The van der Waals surface area contributed by atoms with Crippen LogP contribution in [0.15, 0.2) is 54.6 Å². The molecule has 0 bridgehead atoms. The first-order chi connectivity index (χ1) is 18.7. The van der Waals surface area contributed by atoms with Gasteiger partial charge in [0.1, 0.15) is 17.0 Å². The highest BCUT2D eigenvalue weighted by atomic mass is 79.9. The van der Waals surface area contributed by atoms with Crippen molar-refractivity contribution in [3.63, 3.8) is 0 Å². The molecule has 4 aromatic rings. The van der Waals surface area contributed by atoms with Crippen LogP contribution in [0.1, 0.15) is 62.5 Å². The number of halogens is 1. The highest BCUT2D eigenvalue weighted by Gasteiger charge is 2.35. The van der Waals surface area contributed by atoms with Gasteiger partial charge in [-0.3, -0.25) is 10.1 Å². The summed E-state index contributed by atoms with van der Waals surface area (Å²) < 4.78 is 11.6. The van der Waals surface area contributed by atoms with Crippen LogP contribution in [-0.2, 0) is 4.74 Å². The second kappa shape index (κ2) is 10.9. The standard InChI is InChI=1S/C31H34BrN3O4/c1-5-6-13-38-27-16-26-28(23-10-8-7-9-22(23)27)20(17-32)18-35(26)29(36)25-15-19-14-21(11-12-24(19)34-25)33-30(37)39-31(2,3)4/h7-12,14-16,20,34H,5-6,13,17-18H2,1-4H3,(H,33,37)/t20-/m1/s1. The number of ether oxygens (including phenoxy) is 2. The molecule has 2 heterocycles. The third-order valence-electron chi connectivity index (χ3n) is 6.81. The number of hydrogen-bond donors (Lipinski definition) is 2. The van der Waals surface area contributed by atoms with E-state index in [1.165, 1.54) is 5.56 Å². The number of amides is 2. The molecule has 39 heavy (non-hydrogen) atoms. The summed E-state index contributed by atoms with van der Waals surface area (Å²) in [4.78, 5) is 31.3. The number of nitrogens with one attached hydrogen (secondary N) is 2. The van der Waals surface area contributed by atoms with Gasteiger partial charge in [-0.2, -0.15) is 0 Å². The number of carbonyl (C=O) groups excluding carboxylic acids is 2. The lowest BCUT2D eigenvalue weighted by molar-refractivity contribution is 0.0635. The van der Waals surface area contributed by atoms with Gasteiger partial charge in [-0.25, -0.2) is 4.79 Å². The van der Waals surface area contributed by atoms with Crippen LogP contribution < -0.4 is 15.0 Å². The molecule has 0 aliphatic carbocycles. The van der Waals surface area contributed by atoms with Crippen molar-refractivity contribution in [3.8, 4) is 5.75 Å². The molecular weight excluding hydrogens is 558 g/mol. The van der Waals surface area contributed by atoms with Crippen LogP contribution in [0.5, 0.6) is 5.75 Å². The monoisotopic (exact) mass is 591 g/mol. The van der Waals surface area contributed by atoms with E-state index < -0.39 is 11.7 Å². The number of hydrogen-bond acceptors (Lipinski definition) is 4. The molecule has 204 valence electrons. The van der Waals surface area contributed by atoms with E-state index in [2.05, 4.69) is 45.3 Å². The number of fused-ring (bicyclic) bond motifs is 4. The largest absolute Gasteiger partial charge is 0.493 e. The number of alkyl halides is 1. The molecule has 0 unspecified atom stereocenters. The molecule has 0 saturated heterocycles. The molecule has 7 nitrogen and oxygen atoms in total. The number of aromatic nitrogens is 1. The van der Waals surface area contributed by atoms with Crippen molar-refractivity contribution in [2.45, 2.75) is 52.1 Å². The number of aromatic amines is 1. The first-order valence-electron chi connectivity index (χ1n) is 13.4. The van der Waals surface area contributed by atoms with Crippen molar-refractivity contribution in [1.82, 2.24) is 4.98 Å². The molecule has 5 rings (SSSR count). The highest BCUT2D eigenvalue weighted by Crippen LogP contribution is 2.46. The number of anilines is 2. The van der Waals surface area contributed by atoms with Crippen molar-refractivity contribution >= 4 is 61.0 Å². The molecule has 0 radical (unpaired) electrons. The third-order valence-corrected chi connectivity index (χ3v) is 7.59. The van der Waals surface area contributed by atoms with Gasteiger partial charge in [0.15, 0.2) is 0 Å². The van der Waals surface area contributed by atoms with Crippen molar-refractivity contribution in [1.29, 1.82) is 0 Å². The minimum Gasteiger partial charge on any atom is -0.493 e. The van der Waals surface area contributed by atoms with Gasteiger partial charge in [0.05, 0.1) is 12.3 Å². The maximum absolute atomic E-state index is 13.9. The van der Waals surface area contributed by atoms with Crippen molar-refractivity contribution in [2.75, 3.05) is 28.7 Å². The Bertz CT molecular complexity index is 1540. The summed E-state index contributed by atoms with van der Waals surface area (Å²) in [5.41, 5.74) is 3.36. The molecular formula is C31H34BrN3O4. The fraction of sp³-hybridized carbons (Fsp3) is 0.355. The lowest BCUT2D eigenvalue weighted by Crippen LogP contribution is -2.30. The summed E-state index contributed by atoms with van der Waals surface area (Å²) >= 11 is 3.69. The SMILES string of the molecule is CCCCOc1cc2c(c3ccccc13)[C@H](CBr)CN2C(=O)c1cc2cc(NC(=O)OC(C)(C)C)ccc2[nH]1. The summed E-state index contributed by atoms with van der Waals surface area (Å²) in [5, 5.41) is 6.53. The van der Waals surface area contributed by atoms with Gasteiger partial charge in [0, 0.05) is 45.8 Å². The minimum absolute atomic E-state index is 0.104. The molecule has 0 fully saturated rings. The van der Waals surface area contributed by atoms with Gasteiger partial charge in [0.2, 0.25) is 0 Å². The van der Waals surface area contributed by atoms with Gasteiger partial charge >= 0.3 is 6.09 Å². The molecule has 1 atom stereocenters. The van der Waals surface area contributed by atoms with E-state index in [1.807, 2.05) is 62.1 Å². The van der Waals surface area contributed by atoms with Crippen LogP contribution in [0.4, 0.5) is 16.2 Å². The van der Waals surface area contributed by atoms with Crippen molar-refractivity contribution in [3.05, 3.63) is 65.9 Å². The molecule has 8 heteroatoms. The number of rotatable bonds is 7. The Morgan fingerprint density at radius 1 is 1.10 bits per heavy atom. The predicted octanol–water partition coefficient (Wildman–Crippen LogP) is 7.99. The number of benzene rings is 3. The van der Waals surface area contributed by atoms with Crippen LogP contribution >= 0.6 is 15.9 Å². The van der Waals surface area contributed by atoms with Gasteiger partial charge in [-0.15, -0.1) is 0 Å². The lowest BCUT2D eigenvalue weighted by atomic mass is 9.95. The second-order valence-corrected chi connectivity index (χ2v) is 11.6. The molecule has 3 aromatic carbocycles. The molecule has 1 aliphatic heterocycles. The maximum atomic E-state index is 13.9. The quantitative estimate of drug-likeness (QED) is 0.168. The second-order valence-electron chi connectivity index (χ2n) is 10.9. The maximum Gasteiger partial charge on any atom is 0.412 e. The van der Waals surface area contributed by atoms with Crippen molar-refractivity contribution < 1.29 is 19.1 Å². The van der Waals surface area contributed by atoms with Crippen LogP contribution in [0.2, 0.25) is 0 Å². The Kier molecular flexibility index (Phi) is 7.58. The fourth-order valence-corrected chi connectivity index (χ4v) is 5.60. The third kappa shape index (κ3) is 5.62. The van der Waals surface area contributed by atoms with Crippen LogP contribution in [0.25, 0.3) is 21.7 Å². The van der Waals surface area contributed by atoms with Crippen molar-refractivity contribution in [2.24, 2.45) is 0 Å². The summed E-state index contributed by atoms with van der Waals surface area (Å²) in [7, 11) is 0. The van der Waals surface area contributed by atoms with E-state index in [4.69, 9.17) is 9.47 Å².